The summed E-state index contributed by atoms with van der Waals surface area (Å²) in [6, 6.07) is 0. The minimum absolute atomic E-state index is 0. The molecule has 6 heteroatoms. The van der Waals surface area contributed by atoms with Gasteiger partial charge in [0.2, 0.25) is 5.89 Å². The SMILES string of the molecule is COCCC1(c2nc(C)no2)CCNC1.Cl. The van der Waals surface area contributed by atoms with Gasteiger partial charge < -0.3 is 14.6 Å². The van der Waals surface area contributed by atoms with Gasteiger partial charge in [-0.1, -0.05) is 5.16 Å². The maximum atomic E-state index is 5.29. The van der Waals surface area contributed by atoms with E-state index in [0.717, 1.165) is 38.4 Å². The van der Waals surface area contributed by atoms with E-state index in [1.807, 2.05) is 6.92 Å². The fourth-order valence-electron chi connectivity index (χ4n) is 2.06. The van der Waals surface area contributed by atoms with E-state index in [0.29, 0.717) is 5.82 Å². The molecule has 0 aliphatic carbocycles. The largest absolute Gasteiger partial charge is 0.385 e. The second kappa shape index (κ2) is 5.61. The number of rotatable bonds is 4. The van der Waals surface area contributed by atoms with Gasteiger partial charge in [0.1, 0.15) is 0 Å². The number of methoxy groups -OCH3 is 1. The summed E-state index contributed by atoms with van der Waals surface area (Å²) in [6.45, 7) is 4.48. The summed E-state index contributed by atoms with van der Waals surface area (Å²) < 4.78 is 10.4. The number of aromatic nitrogens is 2. The third-order valence-electron chi connectivity index (χ3n) is 3.01. The second-order valence-electron chi connectivity index (χ2n) is 4.10. The molecule has 92 valence electrons. The summed E-state index contributed by atoms with van der Waals surface area (Å²) in [5.41, 5.74) is -0.0166. The third kappa shape index (κ3) is 2.53. The number of nitrogens with one attached hydrogen (secondary N) is 1. The summed E-state index contributed by atoms with van der Waals surface area (Å²) in [4.78, 5) is 4.34. The van der Waals surface area contributed by atoms with Crippen LogP contribution < -0.4 is 5.32 Å². The lowest BCUT2D eigenvalue weighted by Gasteiger charge is -2.22. The molecule has 1 aliphatic rings. The summed E-state index contributed by atoms with van der Waals surface area (Å²) in [7, 11) is 1.72. The normalized spacial score (nSPS) is 24.4. The van der Waals surface area contributed by atoms with Crippen LogP contribution in [-0.4, -0.2) is 36.9 Å². The molecule has 0 radical (unpaired) electrons. The van der Waals surface area contributed by atoms with Crippen LogP contribution in [0.15, 0.2) is 4.52 Å². The topological polar surface area (TPSA) is 60.2 Å². The number of halogens is 1. The van der Waals surface area contributed by atoms with Gasteiger partial charge in [-0.25, -0.2) is 0 Å². The van der Waals surface area contributed by atoms with Gasteiger partial charge in [0.05, 0.1) is 5.41 Å². The van der Waals surface area contributed by atoms with Crippen molar-refractivity contribution in [1.82, 2.24) is 15.5 Å². The van der Waals surface area contributed by atoms with Crippen LogP contribution in [0.1, 0.15) is 24.6 Å². The van der Waals surface area contributed by atoms with Gasteiger partial charge >= 0.3 is 0 Å². The number of ether oxygens (including phenoxy) is 1. The molecule has 1 unspecified atom stereocenters. The highest BCUT2D eigenvalue weighted by atomic mass is 35.5. The Morgan fingerprint density at radius 3 is 2.88 bits per heavy atom. The van der Waals surface area contributed by atoms with Crippen molar-refractivity contribution in [2.24, 2.45) is 0 Å². The minimum Gasteiger partial charge on any atom is -0.385 e. The first-order chi connectivity index (χ1) is 7.27. The van der Waals surface area contributed by atoms with Crippen LogP contribution in [0.3, 0.4) is 0 Å². The second-order valence-corrected chi connectivity index (χ2v) is 4.10. The molecule has 1 saturated heterocycles. The van der Waals surface area contributed by atoms with Gasteiger partial charge in [-0.15, -0.1) is 12.4 Å². The average molecular weight is 248 g/mol. The number of hydrogen-bond acceptors (Lipinski definition) is 5. The Morgan fingerprint density at radius 2 is 2.38 bits per heavy atom. The van der Waals surface area contributed by atoms with Crippen LogP contribution in [0, 0.1) is 6.92 Å². The van der Waals surface area contributed by atoms with Crippen LogP contribution in [-0.2, 0) is 10.2 Å². The Labute approximate surface area is 101 Å². The molecule has 1 aromatic heterocycles. The Bertz CT molecular complexity index is 324. The molecule has 1 aliphatic heterocycles. The molecule has 1 atom stereocenters. The maximum absolute atomic E-state index is 5.29. The zero-order chi connectivity index (χ0) is 10.7. The van der Waals surface area contributed by atoms with Gasteiger partial charge in [0, 0.05) is 20.3 Å². The van der Waals surface area contributed by atoms with Gasteiger partial charge in [0.15, 0.2) is 5.82 Å². The van der Waals surface area contributed by atoms with Crippen molar-refractivity contribution < 1.29 is 9.26 Å². The van der Waals surface area contributed by atoms with E-state index in [-0.39, 0.29) is 17.8 Å². The first-order valence-corrected chi connectivity index (χ1v) is 5.27. The Hall–Kier alpha value is -0.650. The highest BCUT2D eigenvalue weighted by Crippen LogP contribution is 2.32. The van der Waals surface area contributed by atoms with E-state index in [2.05, 4.69) is 15.5 Å². The Kier molecular flexibility index (Phi) is 4.70. The summed E-state index contributed by atoms with van der Waals surface area (Å²) >= 11 is 0. The molecular formula is C10H18ClN3O2. The molecule has 0 amide bonds. The van der Waals surface area contributed by atoms with Gasteiger partial charge in [-0.2, -0.15) is 4.98 Å². The van der Waals surface area contributed by atoms with Crippen LogP contribution in [0.4, 0.5) is 0 Å². The highest BCUT2D eigenvalue weighted by Gasteiger charge is 2.40. The first-order valence-electron chi connectivity index (χ1n) is 5.27. The molecule has 0 spiro atoms. The smallest absolute Gasteiger partial charge is 0.234 e. The summed E-state index contributed by atoms with van der Waals surface area (Å²) in [5.74, 6) is 1.45. The van der Waals surface area contributed by atoms with Crippen LogP contribution in [0.25, 0.3) is 0 Å². The fourth-order valence-corrected chi connectivity index (χ4v) is 2.06. The molecule has 0 bridgehead atoms. The number of hydrogen-bond donors (Lipinski definition) is 1. The standard InChI is InChI=1S/C10H17N3O2.ClH/c1-8-12-9(15-13-8)10(4-6-14-2)3-5-11-7-10;/h11H,3-7H2,1-2H3;1H. The maximum Gasteiger partial charge on any atom is 0.234 e. The van der Waals surface area contributed by atoms with E-state index in [1.165, 1.54) is 0 Å². The van der Waals surface area contributed by atoms with Crippen molar-refractivity contribution in [1.29, 1.82) is 0 Å². The van der Waals surface area contributed by atoms with Crippen molar-refractivity contribution in [2.75, 3.05) is 26.8 Å². The predicted molar refractivity (Wildman–Crippen MR) is 61.9 cm³/mol. The van der Waals surface area contributed by atoms with Crippen molar-refractivity contribution in [2.45, 2.75) is 25.2 Å². The molecule has 1 N–H and O–H groups in total. The summed E-state index contributed by atoms with van der Waals surface area (Å²) in [6.07, 6.45) is 1.97. The first kappa shape index (κ1) is 13.4. The molecule has 2 rings (SSSR count). The molecule has 1 aromatic rings. The minimum atomic E-state index is -0.0166. The molecule has 5 nitrogen and oxygen atoms in total. The molecular weight excluding hydrogens is 230 g/mol. The zero-order valence-electron chi connectivity index (χ0n) is 9.65. The van der Waals surface area contributed by atoms with E-state index >= 15 is 0 Å². The lowest BCUT2D eigenvalue weighted by atomic mass is 9.83. The average Bonchev–Trinajstić information content (AvgIpc) is 2.84. The highest BCUT2D eigenvalue weighted by molar-refractivity contribution is 5.85. The molecule has 16 heavy (non-hydrogen) atoms. The van der Waals surface area contributed by atoms with E-state index < -0.39 is 0 Å². The fraction of sp³-hybridized carbons (Fsp3) is 0.800. The van der Waals surface area contributed by atoms with Gasteiger partial charge in [-0.3, -0.25) is 0 Å². The van der Waals surface area contributed by atoms with Crippen LogP contribution in [0.5, 0.6) is 0 Å². The van der Waals surface area contributed by atoms with Crippen molar-refractivity contribution in [3.63, 3.8) is 0 Å². The van der Waals surface area contributed by atoms with Crippen molar-refractivity contribution in [3.05, 3.63) is 11.7 Å². The Balaban J connectivity index is 0.00000128. The summed E-state index contributed by atoms with van der Waals surface area (Å²) in [5, 5.41) is 7.21. The van der Waals surface area contributed by atoms with E-state index in [9.17, 15) is 0 Å². The van der Waals surface area contributed by atoms with Crippen molar-refractivity contribution >= 4 is 12.4 Å². The molecule has 2 heterocycles. The quantitative estimate of drug-likeness (QED) is 0.863. The number of nitrogens with zero attached hydrogens (tertiary/aromatic N) is 2. The lowest BCUT2D eigenvalue weighted by molar-refractivity contribution is 0.157. The monoisotopic (exact) mass is 247 g/mol. The predicted octanol–water partition coefficient (Wildman–Crippen LogP) is 1.07. The molecule has 0 aromatic carbocycles. The van der Waals surface area contributed by atoms with Crippen molar-refractivity contribution in [3.8, 4) is 0 Å². The zero-order valence-corrected chi connectivity index (χ0v) is 10.5. The third-order valence-corrected chi connectivity index (χ3v) is 3.01. The number of aryl methyl sites for hydroxylation is 1. The van der Waals surface area contributed by atoms with Gasteiger partial charge in [-0.05, 0) is 26.3 Å². The van der Waals surface area contributed by atoms with E-state index in [4.69, 9.17) is 9.26 Å². The molecule has 0 saturated carbocycles. The lowest BCUT2D eigenvalue weighted by Crippen LogP contribution is -2.31. The van der Waals surface area contributed by atoms with Crippen LogP contribution >= 0.6 is 12.4 Å². The van der Waals surface area contributed by atoms with Gasteiger partial charge in [0.25, 0.3) is 0 Å². The Morgan fingerprint density at radius 1 is 1.56 bits per heavy atom. The van der Waals surface area contributed by atoms with E-state index in [1.54, 1.807) is 7.11 Å². The molecule has 1 fully saturated rings. The van der Waals surface area contributed by atoms with Crippen LogP contribution in [0.2, 0.25) is 0 Å².